The summed E-state index contributed by atoms with van der Waals surface area (Å²) in [6.45, 7) is 0.610. The number of carbonyl (C=O) groups excluding carboxylic acids is 2. The highest BCUT2D eigenvalue weighted by atomic mass is 16.2. The van der Waals surface area contributed by atoms with Crippen LogP contribution in [-0.2, 0) is 11.3 Å². The molecule has 112 valence electrons. The van der Waals surface area contributed by atoms with Crippen LogP contribution in [0.25, 0.3) is 0 Å². The summed E-state index contributed by atoms with van der Waals surface area (Å²) in [5.41, 5.74) is 1.70. The van der Waals surface area contributed by atoms with Gasteiger partial charge in [-0.3, -0.25) is 9.59 Å². The van der Waals surface area contributed by atoms with E-state index in [1.54, 1.807) is 19.2 Å². The fourth-order valence-corrected chi connectivity index (χ4v) is 3.49. The number of fused-ring (bicyclic) bond motifs is 1. The van der Waals surface area contributed by atoms with Crippen molar-refractivity contribution in [3.8, 4) is 0 Å². The summed E-state index contributed by atoms with van der Waals surface area (Å²) in [5.74, 6) is 2.09. The summed E-state index contributed by atoms with van der Waals surface area (Å²) >= 11 is 0. The molecule has 21 heavy (non-hydrogen) atoms. The third-order valence-corrected chi connectivity index (χ3v) is 4.83. The first-order chi connectivity index (χ1) is 10.1. The van der Waals surface area contributed by atoms with Gasteiger partial charge in [0.1, 0.15) is 0 Å². The molecule has 1 aromatic carbocycles. The molecular weight excluding hydrogens is 264 g/mol. The molecule has 2 aliphatic rings. The van der Waals surface area contributed by atoms with E-state index < -0.39 is 0 Å². The van der Waals surface area contributed by atoms with Crippen LogP contribution in [0, 0.1) is 17.8 Å². The summed E-state index contributed by atoms with van der Waals surface area (Å²) in [7, 11) is 3.49. The van der Waals surface area contributed by atoms with Crippen molar-refractivity contribution in [2.75, 3.05) is 14.1 Å². The molecule has 2 amide bonds. The van der Waals surface area contributed by atoms with Crippen molar-refractivity contribution in [3.63, 3.8) is 0 Å². The Labute approximate surface area is 125 Å². The van der Waals surface area contributed by atoms with Crippen molar-refractivity contribution < 1.29 is 9.59 Å². The number of hydrogen-bond donors (Lipinski definition) is 1. The first kappa shape index (κ1) is 14.1. The van der Waals surface area contributed by atoms with Gasteiger partial charge >= 0.3 is 0 Å². The van der Waals surface area contributed by atoms with Gasteiger partial charge in [0.15, 0.2) is 0 Å². The quantitative estimate of drug-likeness (QED) is 0.921. The van der Waals surface area contributed by atoms with Crippen LogP contribution < -0.4 is 5.32 Å². The second kappa shape index (κ2) is 5.51. The van der Waals surface area contributed by atoms with Crippen LogP contribution in [0.5, 0.6) is 0 Å². The van der Waals surface area contributed by atoms with E-state index in [9.17, 15) is 9.59 Å². The highest BCUT2D eigenvalue weighted by Crippen LogP contribution is 2.54. The standard InChI is InChI=1S/C17H22N2O2/c1-18-16(20)12-5-3-11(4-6-12)10-19(2)17(21)15-8-13-7-14(13)9-15/h3-6,13-15H,7-10H2,1-2H3,(H,18,20). The molecule has 1 N–H and O–H groups in total. The largest absolute Gasteiger partial charge is 0.355 e. The van der Waals surface area contributed by atoms with E-state index in [1.807, 2.05) is 24.1 Å². The van der Waals surface area contributed by atoms with Crippen molar-refractivity contribution in [3.05, 3.63) is 35.4 Å². The van der Waals surface area contributed by atoms with E-state index in [4.69, 9.17) is 0 Å². The lowest BCUT2D eigenvalue weighted by atomic mass is 10.0. The molecular formula is C17H22N2O2. The lowest BCUT2D eigenvalue weighted by molar-refractivity contribution is -0.134. The average Bonchev–Trinajstić information content (AvgIpc) is 3.12. The maximum absolute atomic E-state index is 12.4. The van der Waals surface area contributed by atoms with E-state index in [2.05, 4.69) is 5.32 Å². The molecule has 2 atom stereocenters. The first-order valence-corrected chi connectivity index (χ1v) is 7.64. The highest BCUT2D eigenvalue weighted by molar-refractivity contribution is 5.93. The van der Waals surface area contributed by atoms with Crippen LogP contribution in [0.1, 0.15) is 35.2 Å². The van der Waals surface area contributed by atoms with Gasteiger partial charge in [0, 0.05) is 32.1 Å². The molecule has 0 spiro atoms. The van der Waals surface area contributed by atoms with Gasteiger partial charge in [-0.15, -0.1) is 0 Å². The first-order valence-electron chi connectivity index (χ1n) is 7.64. The second-order valence-electron chi connectivity index (χ2n) is 6.39. The molecule has 0 aromatic heterocycles. The van der Waals surface area contributed by atoms with Crippen molar-refractivity contribution in [1.29, 1.82) is 0 Å². The van der Waals surface area contributed by atoms with Gasteiger partial charge in [-0.1, -0.05) is 12.1 Å². The Bertz CT molecular complexity index is 542. The van der Waals surface area contributed by atoms with Gasteiger partial charge in [0.25, 0.3) is 5.91 Å². The predicted octanol–water partition coefficient (Wildman–Crippen LogP) is 2.05. The number of benzene rings is 1. The Kier molecular flexibility index (Phi) is 3.70. The lowest BCUT2D eigenvalue weighted by Gasteiger charge is -2.22. The summed E-state index contributed by atoms with van der Waals surface area (Å²) in [6.07, 6.45) is 3.52. The number of amides is 2. The average molecular weight is 286 g/mol. The van der Waals surface area contributed by atoms with E-state index in [0.717, 1.165) is 30.2 Å². The van der Waals surface area contributed by atoms with Crippen LogP contribution in [0.3, 0.4) is 0 Å². The summed E-state index contributed by atoms with van der Waals surface area (Å²) < 4.78 is 0. The third-order valence-electron chi connectivity index (χ3n) is 4.83. The van der Waals surface area contributed by atoms with Crippen LogP contribution in [0.15, 0.2) is 24.3 Å². The van der Waals surface area contributed by atoms with Crippen molar-refractivity contribution in [1.82, 2.24) is 10.2 Å². The van der Waals surface area contributed by atoms with Crippen molar-refractivity contribution in [2.45, 2.75) is 25.8 Å². The number of carbonyl (C=O) groups is 2. The van der Waals surface area contributed by atoms with Gasteiger partial charge in [-0.25, -0.2) is 0 Å². The van der Waals surface area contributed by atoms with E-state index >= 15 is 0 Å². The van der Waals surface area contributed by atoms with Crippen LogP contribution in [0.2, 0.25) is 0 Å². The Morgan fingerprint density at radius 2 is 1.76 bits per heavy atom. The Balaban J connectivity index is 1.57. The summed E-state index contributed by atoms with van der Waals surface area (Å²) in [4.78, 5) is 25.7. The molecule has 2 aliphatic carbocycles. The van der Waals surface area contributed by atoms with Gasteiger partial charge in [0.05, 0.1) is 0 Å². The normalized spacial score (nSPS) is 26.1. The molecule has 2 unspecified atom stereocenters. The maximum Gasteiger partial charge on any atom is 0.251 e. The topological polar surface area (TPSA) is 49.4 Å². The van der Waals surface area contributed by atoms with E-state index in [0.29, 0.717) is 12.1 Å². The monoisotopic (exact) mass is 286 g/mol. The van der Waals surface area contributed by atoms with Crippen LogP contribution in [-0.4, -0.2) is 30.8 Å². The zero-order valence-corrected chi connectivity index (χ0v) is 12.6. The van der Waals surface area contributed by atoms with E-state index in [1.165, 1.54) is 6.42 Å². The van der Waals surface area contributed by atoms with Crippen molar-refractivity contribution in [2.24, 2.45) is 17.8 Å². The number of nitrogens with zero attached hydrogens (tertiary/aromatic N) is 1. The lowest BCUT2D eigenvalue weighted by Crippen LogP contribution is -2.32. The molecule has 4 nitrogen and oxygen atoms in total. The van der Waals surface area contributed by atoms with Crippen LogP contribution >= 0.6 is 0 Å². The molecule has 1 aromatic rings. The minimum Gasteiger partial charge on any atom is -0.355 e. The SMILES string of the molecule is CNC(=O)c1ccc(CN(C)C(=O)C2CC3CC3C2)cc1. The molecule has 0 aliphatic heterocycles. The number of hydrogen-bond acceptors (Lipinski definition) is 2. The summed E-state index contributed by atoms with van der Waals surface area (Å²) in [6, 6.07) is 7.44. The number of nitrogens with one attached hydrogen (secondary N) is 1. The highest BCUT2D eigenvalue weighted by Gasteiger charge is 2.48. The Morgan fingerprint density at radius 1 is 1.14 bits per heavy atom. The Hall–Kier alpha value is -1.84. The minimum atomic E-state index is -0.0869. The zero-order chi connectivity index (χ0) is 15.0. The molecule has 4 heteroatoms. The molecule has 0 saturated heterocycles. The maximum atomic E-state index is 12.4. The minimum absolute atomic E-state index is 0.0869. The van der Waals surface area contributed by atoms with Crippen LogP contribution in [0.4, 0.5) is 0 Å². The zero-order valence-electron chi connectivity index (χ0n) is 12.6. The molecule has 2 fully saturated rings. The van der Waals surface area contributed by atoms with Gasteiger partial charge in [-0.2, -0.15) is 0 Å². The van der Waals surface area contributed by atoms with E-state index in [-0.39, 0.29) is 17.7 Å². The van der Waals surface area contributed by atoms with Gasteiger partial charge in [-0.05, 0) is 48.8 Å². The number of rotatable bonds is 4. The Morgan fingerprint density at radius 3 is 2.33 bits per heavy atom. The summed E-state index contributed by atoms with van der Waals surface area (Å²) in [5, 5.41) is 2.60. The molecule has 0 heterocycles. The van der Waals surface area contributed by atoms with Crippen molar-refractivity contribution >= 4 is 11.8 Å². The fraction of sp³-hybridized carbons (Fsp3) is 0.529. The van der Waals surface area contributed by atoms with Gasteiger partial charge < -0.3 is 10.2 Å². The fourth-order valence-electron chi connectivity index (χ4n) is 3.49. The third kappa shape index (κ3) is 2.94. The molecule has 0 radical (unpaired) electrons. The second-order valence-corrected chi connectivity index (χ2v) is 6.39. The molecule has 2 saturated carbocycles. The van der Waals surface area contributed by atoms with Gasteiger partial charge in [0.2, 0.25) is 5.91 Å². The molecule has 3 rings (SSSR count). The smallest absolute Gasteiger partial charge is 0.251 e. The molecule has 0 bridgehead atoms. The predicted molar refractivity (Wildman–Crippen MR) is 80.6 cm³/mol.